The number of hydrogen-bond acceptors (Lipinski definition) is 8. The van der Waals surface area contributed by atoms with Gasteiger partial charge >= 0.3 is 5.69 Å². The maximum atomic E-state index is 11.9. The molecule has 0 saturated carbocycles. The topological polar surface area (TPSA) is 137 Å². The summed E-state index contributed by atoms with van der Waals surface area (Å²) in [5.41, 5.74) is -1.34. The molecule has 1 saturated heterocycles. The number of Topliss-reactive ketones (excluding diaryl/α,β-unsaturated/α-hetero) is 2. The van der Waals surface area contributed by atoms with Crippen molar-refractivity contribution in [3.63, 3.8) is 0 Å². The Labute approximate surface area is 142 Å². The highest BCUT2D eigenvalue weighted by atomic mass is 16.6. The summed E-state index contributed by atoms with van der Waals surface area (Å²) in [4.78, 5) is 47.2. The quantitative estimate of drug-likeness (QED) is 0.567. The van der Waals surface area contributed by atoms with Gasteiger partial charge in [-0.2, -0.15) is 0 Å². The summed E-state index contributed by atoms with van der Waals surface area (Å²) >= 11 is 0. The van der Waals surface area contributed by atoms with Crippen LogP contribution in [-0.4, -0.2) is 64.4 Å². The molecule has 0 amide bonds. The van der Waals surface area contributed by atoms with E-state index in [9.17, 15) is 24.3 Å². The first-order valence-corrected chi connectivity index (χ1v) is 7.63. The van der Waals surface area contributed by atoms with E-state index in [2.05, 4.69) is 4.98 Å². The van der Waals surface area contributed by atoms with Crippen molar-refractivity contribution in [2.24, 2.45) is 0 Å². The molecular weight excluding hydrogens is 336 g/mol. The van der Waals surface area contributed by atoms with Crippen molar-refractivity contribution in [2.45, 2.75) is 38.4 Å². The summed E-state index contributed by atoms with van der Waals surface area (Å²) in [7, 11) is 0. The van der Waals surface area contributed by atoms with Gasteiger partial charge in [0.2, 0.25) is 0 Å². The minimum atomic E-state index is -1.28. The van der Waals surface area contributed by atoms with Crippen LogP contribution < -0.4 is 11.2 Å². The van der Waals surface area contributed by atoms with Gasteiger partial charge in [0.25, 0.3) is 5.56 Å². The molecule has 2 rings (SSSR count). The third kappa shape index (κ3) is 4.92. The average molecular weight is 356 g/mol. The number of nitrogens with zero attached hydrogens (tertiary/aromatic N) is 1. The second kappa shape index (κ2) is 8.30. The molecule has 2 N–H and O–H groups in total. The number of rotatable bonds is 8. The predicted molar refractivity (Wildman–Crippen MR) is 83.2 cm³/mol. The van der Waals surface area contributed by atoms with Crippen molar-refractivity contribution < 1.29 is 28.9 Å². The third-order valence-corrected chi connectivity index (χ3v) is 3.50. The second-order valence-electron chi connectivity index (χ2n) is 5.77. The summed E-state index contributed by atoms with van der Waals surface area (Å²) < 4.78 is 17.2. The van der Waals surface area contributed by atoms with Crippen LogP contribution in [-0.2, 0) is 23.8 Å². The van der Waals surface area contributed by atoms with E-state index in [4.69, 9.17) is 14.2 Å². The van der Waals surface area contributed by atoms with Crippen molar-refractivity contribution in [1.82, 2.24) is 9.55 Å². The van der Waals surface area contributed by atoms with Crippen molar-refractivity contribution in [3.05, 3.63) is 33.1 Å². The second-order valence-corrected chi connectivity index (χ2v) is 5.77. The number of carbonyl (C=O) groups excluding carboxylic acids is 2. The van der Waals surface area contributed by atoms with Gasteiger partial charge in [0, 0.05) is 12.3 Å². The highest BCUT2D eigenvalue weighted by molar-refractivity contribution is 5.77. The van der Waals surface area contributed by atoms with E-state index in [0.717, 1.165) is 10.6 Å². The predicted octanol–water partition coefficient (Wildman–Crippen LogP) is -1.63. The summed E-state index contributed by atoms with van der Waals surface area (Å²) in [6.07, 6.45) is -2.98. The lowest BCUT2D eigenvalue weighted by atomic mass is 10.1. The molecule has 2 heterocycles. The molecule has 0 aromatic carbocycles. The number of aromatic nitrogens is 2. The first kappa shape index (κ1) is 19.2. The van der Waals surface area contributed by atoms with Crippen molar-refractivity contribution in [3.8, 4) is 0 Å². The molecule has 1 aromatic heterocycles. The number of H-pyrrole nitrogens is 1. The van der Waals surface area contributed by atoms with Gasteiger partial charge in [-0.25, -0.2) is 4.79 Å². The Hall–Kier alpha value is -2.14. The smallest absolute Gasteiger partial charge is 0.330 e. The fourth-order valence-electron chi connectivity index (χ4n) is 2.45. The average Bonchev–Trinajstić information content (AvgIpc) is 2.81. The number of ether oxygens (including phenoxy) is 3. The standard InChI is InChI=1S/C15H20N2O8/c1-8(18)5-23-7-10-13(24-6-9(2)19)12(21)14(25-10)17-4-3-11(20)16-15(17)22/h3-4,10,12-14,21H,5-7H2,1-2H3,(H,16,20,22)/t10-,12-,13-,14-/m1/s1. The molecule has 4 atom stereocenters. The van der Waals surface area contributed by atoms with Gasteiger partial charge in [0.05, 0.1) is 6.61 Å². The van der Waals surface area contributed by atoms with Crippen LogP contribution in [0.4, 0.5) is 0 Å². The van der Waals surface area contributed by atoms with Gasteiger partial charge in [0.15, 0.2) is 17.8 Å². The van der Waals surface area contributed by atoms with Gasteiger partial charge in [0.1, 0.15) is 31.5 Å². The number of carbonyl (C=O) groups is 2. The van der Waals surface area contributed by atoms with E-state index in [-0.39, 0.29) is 31.4 Å². The molecule has 1 aliphatic heterocycles. The van der Waals surface area contributed by atoms with Crippen LogP contribution in [0.3, 0.4) is 0 Å². The fourth-order valence-corrected chi connectivity index (χ4v) is 2.45. The Morgan fingerprint density at radius 1 is 1.28 bits per heavy atom. The monoisotopic (exact) mass is 356 g/mol. The Bertz CT molecular complexity index is 740. The van der Waals surface area contributed by atoms with Crippen molar-refractivity contribution in [1.29, 1.82) is 0 Å². The number of aliphatic hydroxyl groups excluding tert-OH is 1. The lowest BCUT2D eigenvalue weighted by Gasteiger charge is -2.20. The molecule has 25 heavy (non-hydrogen) atoms. The van der Waals surface area contributed by atoms with E-state index >= 15 is 0 Å². The van der Waals surface area contributed by atoms with Crippen LogP contribution in [0, 0.1) is 0 Å². The highest BCUT2D eigenvalue weighted by Gasteiger charge is 2.46. The molecule has 138 valence electrons. The SMILES string of the molecule is CC(=O)COC[C@H]1O[C@@H](n2ccc(=O)[nH]c2=O)[C@H](O)[C@@H]1OCC(C)=O. The van der Waals surface area contributed by atoms with Crippen LogP contribution in [0.5, 0.6) is 0 Å². The number of aromatic amines is 1. The maximum absolute atomic E-state index is 11.9. The summed E-state index contributed by atoms with van der Waals surface area (Å²) in [5.74, 6) is -0.437. The fraction of sp³-hybridized carbons (Fsp3) is 0.600. The van der Waals surface area contributed by atoms with E-state index in [1.807, 2.05) is 0 Å². The molecule has 10 nitrogen and oxygen atoms in total. The first-order chi connectivity index (χ1) is 11.8. The van der Waals surface area contributed by atoms with E-state index in [0.29, 0.717) is 0 Å². The van der Waals surface area contributed by atoms with Gasteiger partial charge in [-0.15, -0.1) is 0 Å². The zero-order chi connectivity index (χ0) is 18.6. The summed E-state index contributed by atoms with van der Waals surface area (Å²) in [6, 6.07) is 1.11. The minimum Gasteiger partial charge on any atom is -0.386 e. The number of hydrogen-bond donors (Lipinski definition) is 2. The molecule has 1 fully saturated rings. The Balaban J connectivity index is 2.18. The Kier molecular flexibility index (Phi) is 6.37. The first-order valence-electron chi connectivity index (χ1n) is 7.63. The molecule has 1 aromatic rings. The maximum Gasteiger partial charge on any atom is 0.330 e. The van der Waals surface area contributed by atoms with Gasteiger partial charge in [-0.3, -0.25) is 23.9 Å². The van der Waals surface area contributed by atoms with Crippen LogP contribution in [0.25, 0.3) is 0 Å². The normalized spacial score (nSPS) is 25.9. The van der Waals surface area contributed by atoms with Gasteiger partial charge in [-0.1, -0.05) is 0 Å². The van der Waals surface area contributed by atoms with Crippen LogP contribution in [0.1, 0.15) is 20.1 Å². The lowest BCUT2D eigenvalue weighted by Crippen LogP contribution is -2.39. The molecule has 0 spiro atoms. The molecule has 10 heteroatoms. The van der Waals surface area contributed by atoms with Gasteiger partial charge < -0.3 is 19.3 Å². The zero-order valence-electron chi connectivity index (χ0n) is 13.8. The van der Waals surface area contributed by atoms with Crippen LogP contribution >= 0.6 is 0 Å². The molecule has 0 aliphatic carbocycles. The van der Waals surface area contributed by atoms with E-state index in [1.165, 1.54) is 20.0 Å². The van der Waals surface area contributed by atoms with Gasteiger partial charge in [-0.05, 0) is 13.8 Å². The lowest BCUT2D eigenvalue weighted by molar-refractivity contribution is -0.129. The molecular formula is C15H20N2O8. The van der Waals surface area contributed by atoms with E-state index in [1.54, 1.807) is 0 Å². The third-order valence-electron chi connectivity index (χ3n) is 3.50. The zero-order valence-corrected chi connectivity index (χ0v) is 13.8. The van der Waals surface area contributed by atoms with Crippen LogP contribution in [0.2, 0.25) is 0 Å². The number of ketones is 2. The summed E-state index contributed by atoms with van der Waals surface area (Å²) in [6.45, 7) is 2.22. The van der Waals surface area contributed by atoms with Crippen molar-refractivity contribution >= 4 is 11.6 Å². The number of aliphatic hydroxyl groups is 1. The Morgan fingerprint density at radius 3 is 2.56 bits per heavy atom. The molecule has 0 radical (unpaired) electrons. The van der Waals surface area contributed by atoms with E-state index < -0.39 is 35.8 Å². The largest absolute Gasteiger partial charge is 0.386 e. The number of nitrogens with one attached hydrogen (secondary N) is 1. The minimum absolute atomic E-state index is 0.0756. The molecule has 1 aliphatic rings. The summed E-state index contributed by atoms with van der Waals surface area (Å²) in [5, 5.41) is 10.5. The van der Waals surface area contributed by atoms with Crippen LogP contribution in [0.15, 0.2) is 21.9 Å². The molecule has 0 bridgehead atoms. The van der Waals surface area contributed by atoms with Crippen molar-refractivity contribution in [2.75, 3.05) is 19.8 Å². The Morgan fingerprint density at radius 2 is 1.96 bits per heavy atom. The molecule has 0 unspecified atom stereocenters. The highest BCUT2D eigenvalue weighted by Crippen LogP contribution is 2.30.